The molecule has 2 atom stereocenters. The van der Waals surface area contributed by atoms with Crippen LogP contribution in [0.3, 0.4) is 0 Å². The van der Waals surface area contributed by atoms with Crippen molar-refractivity contribution in [3.63, 3.8) is 0 Å². The van der Waals surface area contributed by atoms with Crippen molar-refractivity contribution in [1.29, 1.82) is 0 Å². The van der Waals surface area contributed by atoms with Crippen LogP contribution in [-0.2, 0) is 0 Å². The first-order chi connectivity index (χ1) is 6.29. The predicted octanol–water partition coefficient (Wildman–Crippen LogP) is 3.36. The van der Waals surface area contributed by atoms with Crippen LogP contribution >= 0.6 is 15.9 Å². The Morgan fingerprint density at radius 3 is 2.54 bits per heavy atom. The smallest absolute Gasteiger partial charge is 0.0270 e. The van der Waals surface area contributed by atoms with Crippen LogP contribution in [0.4, 0.5) is 0 Å². The van der Waals surface area contributed by atoms with E-state index in [9.17, 15) is 0 Å². The average molecular weight is 240 g/mol. The lowest BCUT2D eigenvalue weighted by Gasteiger charge is -2.17. The summed E-state index contributed by atoms with van der Waals surface area (Å²) in [5, 5.41) is 0. The van der Waals surface area contributed by atoms with Crippen LogP contribution in [-0.4, -0.2) is 9.81 Å². The molecule has 1 aliphatic rings. The highest BCUT2D eigenvalue weighted by molar-refractivity contribution is 9.09. The molecule has 2 heteroatoms. The van der Waals surface area contributed by atoms with Gasteiger partial charge in [0, 0.05) is 17.2 Å². The summed E-state index contributed by atoms with van der Waals surface area (Å²) in [6, 6.07) is 4.22. The van der Waals surface area contributed by atoms with Crippen molar-refractivity contribution in [3.05, 3.63) is 30.1 Å². The molecule has 0 amide bonds. The molecule has 2 unspecified atom stereocenters. The zero-order valence-electron chi connectivity index (χ0n) is 7.78. The molecule has 1 aliphatic carbocycles. The van der Waals surface area contributed by atoms with E-state index in [-0.39, 0.29) is 0 Å². The molecule has 0 bridgehead atoms. The third-order valence-electron chi connectivity index (χ3n) is 2.78. The first kappa shape index (κ1) is 9.20. The Morgan fingerprint density at radius 1 is 1.38 bits per heavy atom. The van der Waals surface area contributed by atoms with Crippen molar-refractivity contribution < 1.29 is 0 Å². The number of rotatable bonds is 3. The SMILES string of the molecule is CC(c1ccncc1)C(Br)C1CC1. The van der Waals surface area contributed by atoms with E-state index in [1.165, 1.54) is 18.4 Å². The van der Waals surface area contributed by atoms with E-state index in [1.807, 2.05) is 12.4 Å². The monoisotopic (exact) mass is 239 g/mol. The maximum absolute atomic E-state index is 4.03. The maximum Gasteiger partial charge on any atom is 0.0270 e. The fraction of sp³-hybridized carbons (Fsp3) is 0.545. The molecule has 2 rings (SSSR count). The lowest BCUT2D eigenvalue weighted by Crippen LogP contribution is -2.11. The fourth-order valence-electron chi connectivity index (χ4n) is 1.67. The zero-order valence-corrected chi connectivity index (χ0v) is 9.37. The van der Waals surface area contributed by atoms with Gasteiger partial charge in [-0.15, -0.1) is 0 Å². The molecular weight excluding hydrogens is 226 g/mol. The van der Waals surface area contributed by atoms with Gasteiger partial charge in [0.15, 0.2) is 0 Å². The van der Waals surface area contributed by atoms with Gasteiger partial charge in [-0.05, 0) is 42.4 Å². The summed E-state index contributed by atoms with van der Waals surface area (Å²) in [7, 11) is 0. The van der Waals surface area contributed by atoms with Crippen LogP contribution in [0.25, 0.3) is 0 Å². The van der Waals surface area contributed by atoms with Gasteiger partial charge in [0.1, 0.15) is 0 Å². The van der Waals surface area contributed by atoms with E-state index >= 15 is 0 Å². The van der Waals surface area contributed by atoms with Gasteiger partial charge in [0.2, 0.25) is 0 Å². The Bertz CT molecular complexity index is 269. The summed E-state index contributed by atoms with van der Waals surface area (Å²) in [4.78, 5) is 4.68. The highest BCUT2D eigenvalue weighted by Crippen LogP contribution is 2.43. The van der Waals surface area contributed by atoms with Crippen molar-refractivity contribution in [2.75, 3.05) is 0 Å². The number of hydrogen-bond acceptors (Lipinski definition) is 1. The second-order valence-corrected chi connectivity index (χ2v) is 4.91. The van der Waals surface area contributed by atoms with Crippen molar-refractivity contribution >= 4 is 15.9 Å². The second kappa shape index (κ2) is 3.79. The van der Waals surface area contributed by atoms with Gasteiger partial charge < -0.3 is 0 Å². The second-order valence-electron chi connectivity index (χ2n) is 3.85. The van der Waals surface area contributed by atoms with Gasteiger partial charge in [-0.2, -0.15) is 0 Å². The average Bonchev–Trinajstić information content (AvgIpc) is 3.00. The van der Waals surface area contributed by atoms with Crippen LogP contribution in [0.5, 0.6) is 0 Å². The van der Waals surface area contributed by atoms with Crippen LogP contribution in [0, 0.1) is 5.92 Å². The fourth-order valence-corrected chi connectivity index (χ4v) is 2.51. The summed E-state index contributed by atoms with van der Waals surface area (Å²) < 4.78 is 0. The summed E-state index contributed by atoms with van der Waals surface area (Å²) in [6.45, 7) is 2.28. The van der Waals surface area contributed by atoms with Crippen molar-refractivity contribution in [1.82, 2.24) is 4.98 Å². The molecule has 0 N–H and O–H groups in total. The van der Waals surface area contributed by atoms with Gasteiger partial charge in [0.05, 0.1) is 0 Å². The van der Waals surface area contributed by atoms with Crippen LogP contribution in [0.1, 0.15) is 31.2 Å². The van der Waals surface area contributed by atoms with E-state index in [0.29, 0.717) is 10.7 Å². The van der Waals surface area contributed by atoms with Crippen LogP contribution in [0.15, 0.2) is 24.5 Å². The minimum Gasteiger partial charge on any atom is -0.265 e. The van der Waals surface area contributed by atoms with E-state index in [1.54, 1.807) is 0 Å². The van der Waals surface area contributed by atoms with Gasteiger partial charge in [-0.3, -0.25) is 4.98 Å². The highest BCUT2D eigenvalue weighted by Gasteiger charge is 2.33. The van der Waals surface area contributed by atoms with Crippen molar-refractivity contribution in [2.24, 2.45) is 5.92 Å². The molecule has 0 spiro atoms. The van der Waals surface area contributed by atoms with Gasteiger partial charge in [-0.25, -0.2) is 0 Å². The Morgan fingerprint density at radius 2 is 2.00 bits per heavy atom. The minimum atomic E-state index is 0.607. The highest BCUT2D eigenvalue weighted by atomic mass is 79.9. The van der Waals surface area contributed by atoms with Crippen LogP contribution < -0.4 is 0 Å². The molecule has 0 radical (unpaired) electrons. The molecule has 0 saturated heterocycles. The molecular formula is C11H14BrN. The molecule has 1 fully saturated rings. The lowest BCUT2D eigenvalue weighted by molar-refractivity contribution is 0.648. The van der Waals surface area contributed by atoms with Crippen molar-refractivity contribution in [3.8, 4) is 0 Å². The quantitative estimate of drug-likeness (QED) is 0.738. The zero-order chi connectivity index (χ0) is 9.26. The first-order valence-electron chi connectivity index (χ1n) is 4.83. The summed E-state index contributed by atoms with van der Waals surface area (Å²) in [6.07, 6.45) is 6.54. The summed E-state index contributed by atoms with van der Waals surface area (Å²) >= 11 is 3.79. The molecule has 1 heterocycles. The van der Waals surface area contributed by atoms with Gasteiger partial charge >= 0.3 is 0 Å². The molecule has 13 heavy (non-hydrogen) atoms. The van der Waals surface area contributed by atoms with E-state index in [0.717, 1.165) is 5.92 Å². The Kier molecular flexibility index (Phi) is 2.68. The predicted molar refractivity (Wildman–Crippen MR) is 58.1 cm³/mol. The number of halogens is 1. The van der Waals surface area contributed by atoms with E-state index in [4.69, 9.17) is 0 Å². The summed E-state index contributed by atoms with van der Waals surface area (Å²) in [5.41, 5.74) is 1.39. The number of pyridine rings is 1. The molecule has 0 aromatic carbocycles. The van der Waals surface area contributed by atoms with Crippen LogP contribution in [0.2, 0.25) is 0 Å². The standard InChI is InChI=1S/C11H14BrN/c1-8(11(12)10-2-3-10)9-4-6-13-7-5-9/h4-8,10-11H,2-3H2,1H3. The number of nitrogens with zero attached hydrogens (tertiary/aromatic N) is 1. The lowest BCUT2D eigenvalue weighted by atomic mass is 9.96. The summed E-state index contributed by atoms with van der Waals surface area (Å²) in [5.74, 6) is 1.51. The third kappa shape index (κ3) is 2.11. The topological polar surface area (TPSA) is 12.9 Å². The van der Waals surface area contributed by atoms with Crippen molar-refractivity contribution in [2.45, 2.75) is 30.5 Å². The largest absolute Gasteiger partial charge is 0.265 e. The molecule has 1 nitrogen and oxygen atoms in total. The van der Waals surface area contributed by atoms with E-state index in [2.05, 4.69) is 40.0 Å². The third-order valence-corrected chi connectivity index (χ3v) is 4.32. The van der Waals surface area contributed by atoms with Gasteiger partial charge in [-0.1, -0.05) is 22.9 Å². The molecule has 1 saturated carbocycles. The molecule has 1 aromatic rings. The Labute approximate surface area is 87.7 Å². The Balaban J connectivity index is 2.07. The number of aromatic nitrogens is 1. The number of hydrogen-bond donors (Lipinski definition) is 0. The molecule has 1 aromatic heterocycles. The minimum absolute atomic E-state index is 0.607. The Hall–Kier alpha value is -0.370. The normalized spacial score (nSPS) is 21.1. The number of alkyl halides is 1. The first-order valence-corrected chi connectivity index (χ1v) is 5.74. The maximum atomic E-state index is 4.03. The molecule has 70 valence electrons. The van der Waals surface area contributed by atoms with Gasteiger partial charge in [0.25, 0.3) is 0 Å². The van der Waals surface area contributed by atoms with E-state index < -0.39 is 0 Å². The molecule has 0 aliphatic heterocycles.